The molecule has 31 heavy (non-hydrogen) atoms. The van der Waals surface area contributed by atoms with Gasteiger partial charge in [0.1, 0.15) is 5.75 Å². The number of benzene rings is 2. The number of carbonyl (C=O) groups excluding carboxylic acids is 2. The molecule has 0 bridgehead atoms. The fourth-order valence-electron chi connectivity index (χ4n) is 3.38. The van der Waals surface area contributed by atoms with Crippen LogP contribution >= 0.6 is 0 Å². The SMILES string of the molecule is CCNC(=O)COc1ccc(NC(=O)C2CCN(S(=O)(=O)c3ccccc3)CC2)cc1. The van der Waals surface area contributed by atoms with E-state index in [1.165, 1.54) is 4.31 Å². The summed E-state index contributed by atoms with van der Waals surface area (Å²) in [4.78, 5) is 24.3. The number of hydrogen-bond donors (Lipinski definition) is 2. The van der Waals surface area contributed by atoms with Gasteiger partial charge < -0.3 is 15.4 Å². The molecule has 2 N–H and O–H groups in total. The van der Waals surface area contributed by atoms with Gasteiger partial charge in [-0.15, -0.1) is 0 Å². The molecule has 1 aliphatic heterocycles. The zero-order valence-corrected chi connectivity index (χ0v) is 18.2. The van der Waals surface area contributed by atoms with Gasteiger partial charge in [-0.05, 0) is 56.2 Å². The van der Waals surface area contributed by atoms with Crippen LogP contribution in [0.25, 0.3) is 0 Å². The van der Waals surface area contributed by atoms with Crippen molar-refractivity contribution in [3.05, 3.63) is 54.6 Å². The molecule has 1 aliphatic rings. The highest BCUT2D eigenvalue weighted by molar-refractivity contribution is 7.89. The highest BCUT2D eigenvalue weighted by atomic mass is 32.2. The number of hydrogen-bond acceptors (Lipinski definition) is 5. The van der Waals surface area contributed by atoms with Crippen LogP contribution in [-0.4, -0.2) is 50.8 Å². The van der Waals surface area contributed by atoms with E-state index in [0.29, 0.717) is 43.9 Å². The molecule has 3 rings (SSSR count). The molecule has 0 radical (unpaired) electrons. The summed E-state index contributed by atoms with van der Waals surface area (Å²) in [6, 6.07) is 15.1. The lowest BCUT2D eigenvalue weighted by Crippen LogP contribution is -2.41. The predicted octanol–water partition coefficient (Wildman–Crippen LogP) is 2.24. The Labute approximate surface area is 182 Å². The first-order valence-electron chi connectivity index (χ1n) is 10.3. The van der Waals surface area contributed by atoms with Crippen molar-refractivity contribution in [2.75, 3.05) is 31.6 Å². The van der Waals surface area contributed by atoms with Gasteiger partial charge in [0.05, 0.1) is 4.90 Å². The summed E-state index contributed by atoms with van der Waals surface area (Å²) >= 11 is 0. The molecule has 0 saturated carbocycles. The monoisotopic (exact) mass is 445 g/mol. The smallest absolute Gasteiger partial charge is 0.257 e. The molecule has 8 nitrogen and oxygen atoms in total. The first-order chi connectivity index (χ1) is 14.9. The van der Waals surface area contributed by atoms with Crippen LogP contribution < -0.4 is 15.4 Å². The first-order valence-corrected chi connectivity index (χ1v) is 11.7. The second-order valence-electron chi connectivity index (χ2n) is 7.25. The Morgan fingerprint density at radius 2 is 1.68 bits per heavy atom. The number of rotatable bonds is 8. The highest BCUT2D eigenvalue weighted by Gasteiger charge is 2.32. The Morgan fingerprint density at radius 1 is 1.03 bits per heavy atom. The van der Waals surface area contributed by atoms with E-state index in [2.05, 4.69) is 10.6 Å². The number of carbonyl (C=O) groups is 2. The number of sulfonamides is 1. The van der Waals surface area contributed by atoms with Gasteiger partial charge in [0.15, 0.2) is 6.61 Å². The van der Waals surface area contributed by atoms with Crippen LogP contribution in [0.1, 0.15) is 19.8 Å². The number of ether oxygens (including phenoxy) is 1. The van der Waals surface area contributed by atoms with Crippen molar-refractivity contribution < 1.29 is 22.7 Å². The van der Waals surface area contributed by atoms with Gasteiger partial charge in [0.2, 0.25) is 15.9 Å². The third kappa shape index (κ3) is 6.05. The minimum absolute atomic E-state index is 0.0655. The molecule has 2 amide bonds. The number of likely N-dealkylation sites (N-methyl/N-ethyl adjacent to an activating group) is 1. The number of nitrogens with one attached hydrogen (secondary N) is 2. The van der Waals surface area contributed by atoms with E-state index in [1.54, 1.807) is 54.6 Å². The molecule has 0 atom stereocenters. The predicted molar refractivity (Wildman–Crippen MR) is 117 cm³/mol. The molecule has 2 aromatic carbocycles. The molecule has 166 valence electrons. The first kappa shape index (κ1) is 22.8. The van der Waals surface area contributed by atoms with Crippen LogP contribution in [0.3, 0.4) is 0 Å². The maximum absolute atomic E-state index is 12.7. The van der Waals surface area contributed by atoms with Crippen molar-refractivity contribution in [2.45, 2.75) is 24.7 Å². The molecule has 0 unspecified atom stereocenters. The highest BCUT2D eigenvalue weighted by Crippen LogP contribution is 2.25. The van der Waals surface area contributed by atoms with E-state index < -0.39 is 10.0 Å². The normalized spacial score (nSPS) is 15.3. The second kappa shape index (κ2) is 10.4. The van der Waals surface area contributed by atoms with E-state index in [0.717, 1.165) is 0 Å². The van der Waals surface area contributed by atoms with Crippen molar-refractivity contribution in [3.63, 3.8) is 0 Å². The Hall–Kier alpha value is -2.91. The maximum atomic E-state index is 12.7. The Morgan fingerprint density at radius 3 is 2.29 bits per heavy atom. The van der Waals surface area contributed by atoms with Gasteiger partial charge in [0.25, 0.3) is 5.91 Å². The third-order valence-corrected chi connectivity index (χ3v) is 6.98. The van der Waals surface area contributed by atoms with E-state index in [9.17, 15) is 18.0 Å². The molecular weight excluding hydrogens is 418 g/mol. The van der Waals surface area contributed by atoms with Gasteiger partial charge >= 0.3 is 0 Å². The Kier molecular flexibility index (Phi) is 7.64. The molecule has 9 heteroatoms. The van der Waals surface area contributed by atoms with Gasteiger partial charge in [0, 0.05) is 31.2 Å². The zero-order valence-electron chi connectivity index (χ0n) is 17.4. The number of piperidine rings is 1. The summed E-state index contributed by atoms with van der Waals surface area (Å²) < 4.78 is 32.2. The molecule has 2 aromatic rings. The summed E-state index contributed by atoms with van der Waals surface area (Å²) in [6.07, 6.45) is 0.928. The second-order valence-corrected chi connectivity index (χ2v) is 9.19. The minimum atomic E-state index is -3.53. The largest absolute Gasteiger partial charge is 0.484 e. The Bertz CT molecular complexity index is 986. The van der Waals surface area contributed by atoms with E-state index >= 15 is 0 Å². The summed E-state index contributed by atoms with van der Waals surface area (Å²) in [5.41, 5.74) is 0.620. The van der Waals surface area contributed by atoms with Crippen LogP contribution in [0.4, 0.5) is 5.69 Å². The topological polar surface area (TPSA) is 105 Å². The summed E-state index contributed by atoms with van der Waals surface area (Å²) in [5, 5.41) is 5.52. The maximum Gasteiger partial charge on any atom is 0.257 e. The number of anilines is 1. The molecule has 0 spiro atoms. The standard InChI is InChI=1S/C22H27N3O5S/c1-2-23-21(26)16-30-19-10-8-18(9-11-19)24-22(27)17-12-14-25(15-13-17)31(28,29)20-6-4-3-5-7-20/h3-11,17H,2,12-16H2,1H3,(H,23,26)(H,24,27). The number of amides is 2. The van der Waals surface area contributed by atoms with Crippen molar-refractivity contribution in [3.8, 4) is 5.75 Å². The summed E-state index contributed by atoms with van der Waals surface area (Å²) in [7, 11) is -3.53. The summed E-state index contributed by atoms with van der Waals surface area (Å²) in [5.74, 6) is -0.0483. The van der Waals surface area contributed by atoms with Gasteiger partial charge in [-0.1, -0.05) is 18.2 Å². The quantitative estimate of drug-likeness (QED) is 0.648. The molecule has 0 aliphatic carbocycles. The van der Waals surface area contributed by atoms with Crippen molar-refractivity contribution in [1.29, 1.82) is 0 Å². The van der Waals surface area contributed by atoms with Gasteiger partial charge in [-0.2, -0.15) is 4.31 Å². The van der Waals surface area contributed by atoms with Crippen LogP contribution in [0.2, 0.25) is 0 Å². The van der Waals surface area contributed by atoms with Crippen molar-refractivity contribution in [1.82, 2.24) is 9.62 Å². The van der Waals surface area contributed by atoms with Crippen LogP contribution in [0.15, 0.2) is 59.5 Å². The summed E-state index contributed by atoms with van der Waals surface area (Å²) in [6.45, 7) is 2.93. The van der Waals surface area contributed by atoms with Gasteiger partial charge in [-0.25, -0.2) is 8.42 Å². The van der Waals surface area contributed by atoms with Crippen LogP contribution in [0.5, 0.6) is 5.75 Å². The van der Waals surface area contributed by atoms with Crippen LogP contribution in [-0.2, 0) is 19.6 Å². The Balaban J connectivity index is 1.49. The lowest BCUT2D eigenvalue weighted by atomic mass is 9.97. The molecule has 1 saturated heterocycles. The molecular formula is C22H27N3O5S. The molecule has 0 aromatic heterocycles. The molecule has 1 heterocycles. The van der Waals surface area contributed by atoms with Crippen molar-refractivity contribution in [2.24, 2.45) is 5.92 Å². The fourth-order valence-corrected chi connectivity index (χ4v) is 4.87. The average Bonchev–Trinajstić information content (AvgIpc) is 2.79. The van der Waals surface area contributed by atoms with E-state index in [1.807, 2.05) is 6.92 Å². The van der Waals surface area contributed by atoms with Crippen LogP contribution in [0, 0.1) is 5.92 Å². The third-order valence-electron chi connectivity index (χ3n) is 5.07. The minimum Gasteiger partial charge on any atom is -0.484 e. The van der Waals surface area contributed by atoms with E-state index in [-0.39, 0.29) is 29.2 Å². The zero-order chi connectivity index (χ0) is 22.3. The lowest BCUT2D eigenvalue weighted by molar-refractivity contribution is -0.123. The van der Waals surface area contributed by atoms with Gasteiger partial charge in [-0.3, -0.25) is 9.59 Å². The average molecular weight is 446 g/mol. The molecule has 1 fully saturated rings. The number of nitrogens with zero attached hydrogens (tertiary/aromatic N) is 1. The van der Waals surface area contributed by atoms with Crippen molar-refractivity contribution >= 4 is 27.5 Å². The van der Waals surface area contributed by atoms with E-state index in [4.69, 9.17) is 4.74 Å². The lowest BCUT2D eigenvalue weighted by Gasteiger charge is -2.30. The fraction of sp³-hybridized carbons (Fsp3) is 0.364.